The first-order chi connectivity index (χ1) is 10.7. The molecule has 2 aliphatic rings. The Balaban J connectivity index is 1.72. The van der Waals surface area contributed by atoms with E-state index in [1.165, 1.54) is 0 Å². The first kappa shape index (κ1) is 15.0. The Morgan fingerprint density at radius 3 is 2.82 bits per heavy atom. The van der Waals surface area contributed by atoms with Crippen LogP contribution in [0.4, 0.5) is 0 Å². The zero-order valence-electron chi connectivity index (χ0n) is 12.6. The van der Waals surface area contributed by atoms with Crippen LogP contribution in [-0.2, 0) is 19.7 Å². The van der Waals surface area contributed by atoms with E-state index >= 15 is 0 Å². The molecule has 2 heterocycles. The number of benzene rings is 1. The number of rotatable bonds is 4. The van der Waals surface area contributed by atoms with E-state index < -0.39 is 5.41 Å². The van der Waals surface area contributed by atoms with E-state index in [0.29, 0.717) is 25.6 Å². The van der Waals surface area contributed by atoms with Crippen molar-refractivity contribution in [2.24, 2.45) is 5.92 Å². The van der Waals surface area contributed by atoms with Crippen LogP contribution in [0, 0.1) is 5.92 Å². The summed E-state index contributed by atoms with van der Waals surface area (Å²) in [6.45, 7) is 2.50. The standard InChI is InChI=1S/C17H22N2O3/c20-15-9-17(12-19-15,14-6-2-1-3-7-14)16(21)18-10-13-5-4-8-22-11-13/h1-3,6-7,13H,4-5,8-12H2,(H,18,21)(H,19,20)/t13-,17+/m1/s1. The van der Waals surface area contributed by atoms with Gasteiger partial charge in [0.2, 0.25) is 11.8 Å². The highest BCUT2D eigenvalue weighted by Gasteiger charge is 2.46. The molecular weight excluding hydrogens is 280 g/mol. The molecule has 118 valence electrons. The average Bonchev–Trinajstić information content (AvgIpc) is 2.98. The van der Waals surface area contributed by atoms with Crippen LogP contribution in [0.5, 0.6) is 0 Å². The van der Waals surface area contributed by atoms with Crippen molar-refractivity contribution >= 4 is 11.8 Å². The molecule has 2 aliphatic heterocycles. The smallest absolute Gasteiger partial charge is 0.233 e. The van der Waals surface area contributed by atoms with E-state index in [-0.39, 0.29) is 18.2 Å². The Kier molecular flexibility index (Phi) is 4.43. The molecule has 1 aromatic carbocycles. The van der Waals surface area contributed by atoms with Crippen LogP contribution in [0.1, 0.15) is 24.8 Å². The van der Waals surface area contributed by atoms with Crippen molar-refractivity contribution in [3.05, 3.63) is 35.9 Å². The SMILES string of the molecule is O=C1C[C@@](C(=O)NC[C@H]2CCCOC2)(c2ccccc2)CN1. The number of hydrogen-bond acceptors (Lipinski definition) is 3. The zero-order valence-corrected chi connectivity index (χ0v) is 12.6. The number of ether oxygens (including phenoxy) is 1. The summed E-state index contributed by atoms with van der Waals surface area (Å²) in [4.78, 5) is 24.5. The number of nitrogens with one attached hydrogen (secondary N) is 2. The van der Waals surface area contributed by atoms with Gasteiger partial charge in [0.15, 0.2) is 0 Å². The second-order valence-corrected chi connectivity index (χ2v) is 6.19. The molecule has 0 unspecified atom stereocenters. The van der Waals surface area contributed by atoms with E-state index in [4.69, 9.17) is 4.74 Å². The molecule has 2 saturated heterocycles. The predicted octanol–water partition coefficient (Wildman–Crippen LogP) is 0.987. The Morgan fingerprint density at radius 1 is 1.36 bits per heavy atom. The normalized spacial score (nSPS) is 28.2. The molecule has 2 N–H and O–H groups in total. The Labute approximate surface area is 130 Å². The maximum Gasteiger partial charge on any atom is 0.233 e. The van der Waals surface area contributed by atoms with Gasteiger partial charge in [-0.25, -0.2) is 0 Å². The maximum atomic E-state index is 12.8. The summed E-state index contributed by atoms with van der Waals surface area (Å²) in [6.07, 6.45) is 2.34. The summed E-state index contributed by atoms with van der Waals surface area (Å²) < 4.78 is 5.45. The maximum absolute atomic E-state index is 12.8. The van der Waals surface area contributed by atoms with Crippen molar-refractivity contribution in [3.63, 3.8) is 0 Å². The molecule has 5 heteroatoms. The van der Waals surface area contributed by atoms with Crippen molar-refractivity contribution < 1.29 is 14.3 Å². The third-order valence-electron chi connectivity index (χ3n) is 4.62. The molecule has 2 fully saturated rings. The summed E-state index contributed by atoms with van der Waals surface area (Å²) in [5, 5.41) is 5.85. The van der Waals surface area contributed by atoms with Gasteiger partial charge in [0.05, 0.1) is 12.0 Å². The van der Waals surface area contributed by atoms with Gasteiger partial charge in [0, 0.05) is 26.1 Å². The lowest BCUT2D eigenvalue weighted by Crippen LogP contribution is -2.47. The molecule has 5 nitrogen and oxygen atoms in total. The number of carbonyl (C=O) groups excluding carboxylic acids is 2. The lowest BCUT2D eigenvalue weighted by molar-refractivity contribution is -0.128. The zero-order chi connectivity index (χ0) is 15.4. The predicted molar refractivity (Wildman–Crippen MR) is 82.3 cm³/mol. The molecule has 0 aliphatic carbocycles. The van der Waals surface area contributed by atoms with Crippen molar-refractivity contribution in [3.8, 4) is 0 Å². The molecule has 0 spiro atoms. The van der Waals surface area contributed by atoms with Crippen molar-refractivity contribution in [2.45, 2.75) is 24.7 Å². The molecule has 1 aromatic rings. The van der Waals surface area contributed by atoms with Crippen LogP contribution < -0.4 is 10.6 Å². The lowest BCUT2D eigenvalue weighted by atomic mass is 9.78. The van der Waals surface area contributed by atoms with Crippen molar-refractivity contribution in [2.75, 3.05) is 26.3 Å². The van der Waals surface area contributed by atoms with E-state index in [1.54, 1.807) is 0 Å². The highest BCUT2D eigenvalue weighted by molar-refractivity contribution is 5.97. The van der Waals surface area contributed by atoms with Crippen LogP contribution in [0.15, 0.2) is 30.3 Å². The second kappa shape index (κ2) is 6.48. The molecule has 0 bridgehead atoms. The van der Waals surface area contributed by atoms with Gasteiger partial charge in [-0.1, -0.05) is 30.3 Å². The van der Waals surface area contributed by atoms with Crippen LogP contribution in [0.2, 0.25) is 0 Å². The molecule has 0 radical (unpaired) electrons. The van der Waals surface area contributed by atoms with Gasteiger partial charge in [-0.3, -0.25) is 9.59 Å². The third kappa shape index (κ3) is 2.99. The van der Waals surface area contributed by atoms with Crippen LogP contribution >= 0.6 is 0 Å². The molecule has 2 amide bonds. The molecule has 3 rings (SSSR count). The Morgan fingerprint density at radius 2 is 2.18 bits per heavy atom. The van der Waals surface area contributed by atoms with Crippen LogP contribution in [0.3, 0.4) is 0 Å². The molecular formula is C17H22N2O3. The monoisotopic (exact) mass is 302 g/mol. The average molecular weight is 302 g/mol. The van der Waals surface area contributed by atoms with Crippen LogP contribution in [-0.4, -0.2) is 38.1 Å². The molecule has 2 atom stereocenters. The number of carbonyl (C=O) groups is 2. The fourth-order valence-corrected chi connectivity index (χ4v) is 3.28. The minimum atomic E-state index is -0.784. The van der Waals surface area contributed by atoms with E-state index in [1.807, 2.05) is 30.3 Å². The first-order valence-corrected chi connectivity index (χ1v) is 7.89. The lowest BCUT2D eigenvalue weighted by Gasteiger charge is -2.28. The first-order valence-electron chi connectivity index (χ1n) is 7.89. The summed E-state index contributed by atoms with van der Waals surface area (Å²) in [5.41, 5.74) is 0.110. The molecule has 0 aromatic heterocycles. The van der Waals surface area contributed by atoms with Gasteiger partial charge < -0.3 is 15.4 Å². The topological polar surface area (TPSA) is 67.4 Å². The van der Waals surface area contributed by atoms with Gasteiger partial charge >= 0.3 is 0 Å². The van der Waals surface area contributed by atoms with E-state index in [0.717, 1.165) is 25.0 Å². The van der Waals surface area contributed by atoms with Gasteiger partial charge in [-0.05, 0) is 24.3 Å². The summed E-state index contributed by atoms with van der Waals surface area (Å²) in [6, 6.07) is 9.57. The minimum Gasteiger partial charge on any atom is -0.381 e. The Hall–Kier alpha value is -1.88. The largest absolute Gasteiger partial charge is 0.381 e. The fourth-order valence-electron chi connectivity index (χ4n) is 3.28. The summed E-state index contributed by atoms with van der Waals surface area (Å²) in [7, 11) is 0. The van der Waals surface area contributed by atoms with Gasteiger partial charge in [0.1, 0.15) is 0 Å². The van der Waals surface area contributed by atoms with Crippen molar-refractivity contribution in [1.82, 2.24) is 10.6 Å². The fraction of sp³-hybridized carbons (Fsp3) is 0.529. The quantitative estimate of drug-likeness (QED) is 0.871. The van der Waals surface area contributed by atoms with Crippen LogP contribution in [0.25, 0.3) is 0 Å². The van der Waals surface area contributed by atoms with Gasteiger partial charge in [-0.2, -0.15) is 0 Å². The van der Waals surface area contributed by atoms with E-state index in [2.05, 4.69) is 10.6 Å². The third-order valence-corrected chi connectivity index (χ3v) is 4.62. The number of amides is 2. The highest BCUT2D eigenvalue weighted by atomic mass is 16.5. The molecule has 0 saturated carbocycles. The Bertz CT molecular complexity index is 540. The summed E-state index contributed by atoms with van der Waals surface area (Å²) >= 11 is 0. The van der Waals surface area contributed by atoms with Gasteiger partial charge in [0.25, 0.3) is 0 Å². The molecule has 22 heavy (non-hydrogen) atoms. The van der Waals surface area contributed by atoms with Gasteiger partial charge in [-0.15, -0.1) is 0 Å². The highest BCUT2D eigenvalue weighted by Crippen LogP contribution is 2.31. The second-order valence-electron chi connectivity index (χ2n) is 6.19. The van der Waals surface area contributed by atoms with E-state index in [9.17, 15) is 9.59 Å². The minimum absolute atomic E-state index is 0.0670. The summed E-state index contributed by atoms with van der Waals surface area (Å²) in [5.74, 6) is 0.234. The number of hydrogen-bond donors (Lipinski definition) is 2. The van der Waals surface area contributed by atoms with Crippen molar-refractivity contribution in [1.29, 1.82) is 0 Å².